The number of halogens is 2. The number of rotatable bonds is 4. The number of benzene rings is 1. The van der Waals surface area contributed by atoms with Crippen LogP contribution < -0.4 is 10.6 Å². The van der Waals surface area contributed by atoms with E-state index in [1.165, 1.54) is 6.20 Å². The van der Waals surface area contributed by atoms with Crippen LogP contribution in [-0.4, -0.2) is 20.2 Å². The minimum Gasteiger partial charge on any atom is -0.339 e. The quantitative estimate of drug-likeness (QED) is 0.677. The van der Waals surface area contributed by atoms with Gasteiger partial charge in [0.15, 0.2) is 5.82 Å². The smallest absolute Gasteiger partial charge is 0.229 e. The van der Waals surface area contributed by atoms with Gasteiger partial charge in [0.2, 0.25) is 5.95 Å². The fourth-order valence-electron chi connectivity index (χ4n) is 1.67. The summed E-state index contributed by atoms with van der Waals surface area (Å²) in [6.07, 6.45) is 4.84. The number of aromatic amines is 1. The lowest BCUT2D eigenvalue weighted by molar-refractivity contribution is 1.09. The van der Waals surface area contributed by atoms with Crippen LogP contribution in [0.3, 0.4) is 0 Å². The maximum Gasteiger partial charge on any atom is 0.229 e. The van der Waals surface area contributed by atoms with Crippen molar-refractivity contribution in [3.63, 3.8) is 0 Å². The van der Waals surface area contributed by atoms with Crippen LogP contribution in [0.4, 0.5) is 23.1 Å². The summed E-state index contributed by atoms with van der Waals surface area (Å²) in [7, 11) is 0. The molecule has 8 heteroatoms. The minimum atomic E-state index is 0.408. The van der Waals surface area contributed by atoms with Gasteiger partial charge in [-0.15, -0.1) is 0 Å². The summed E-state index contributed by atoms with van der Waals surface area (Å²) in [5.74, 6) is 0.894. The molecule has 21 heavy (non-hydrogen) atoms. The third-order valence-corrected chi connectivity index (χ3v) is 3.10. The molecule has 0 aliphatic heterocycles. The molecule has 0 fully saturated rings. The normalized spacial score (nSPS) is 10.4. The van der Waals surface area contributed by atoms with Gasteiger partial charge in [-0.3, -0.25) is 5.10 Å². The van der Waals surface area contributed by atoms with Crippen molar-refractivity contribution in [2.75, 3.05) is 10.6 Å². The predicted molar refractivity (Wildman–Crippen MR) is 83.6 cm³/mol. The first-order chi connectivity index (χ1) is 10.2. The summed E-state index contributed by atoms with van der Waals surface area (Å²) in [4.78, 5) is 8.43. The van der Waals surface area contributed by atoms with E-state index in [-0.39, 0.29) is 0 Å². The van der Waals surface area contributed by atoms with Crippen molar-refractivity contribution >= 4 is 46.3 Å². The van der Waals surface area contributed by atoms with E-state index in [4.69, 9.17) is 23.2 Å². The number of nitrogens with zero attached hydrogens (tertiary/aromatic N) is 3. The lowest BCUT2D eigenvalue weighted by Gasteiger charge is -2.09. The van der Waals surface area contributed by atoms with Crippen molar-refractivity contribution in [1.82, 2.24) is 20.2 Å². The topological polar surface area (TPSA) is 78.5 Å². The molecule has 0 saturated carbocycles. The Morgan fingerprint density at radius 1 is 1.05 bits per heavy atom. The number of nitrogens with one attached hydrogen (secondary N) is 3. The van der Waals surface area contributed by atoms with Crippen molar-refractivity contribution in [3.05, 3.63) is 52.9 Å². The molecule has 2 aromatic heterocycles. The summed E-state index contributed by atoms with van der Waals surface area (Å²) < 4.78 is 0. The van der Waals surface area contributed by atoms with E-state index in [0.717, 1.165) is 11.4 Å². The zero-order chi connectivity index (χ0) is 14.7. The highest BCUT2D eigenvalue weighted by molar-refractivity contribution is 6.33. The monoisotopic (exact) mass is 320 g/mol. The van der Waals surface area contributed by atoms with Crippen LogP contribution in [0, 0.1) is 0 Å². The molecule has 1 aromatic carbocycles. The van der Waals surface area contributed by atoms with Gasteiger partial charge in [-0.25, -0.2) is 4.98 Å². The van der Waals surface area contributed by atoms with E-state index < -0.39 is 0 Å². The Labute approximate surface area is 130 Å². The Hall–Kier alpha value is -2.31. The van der Waals surface area contributed by atoms with Gasteiger partial charge in [0.25, 0.3) is 0 Å². The molecule has 0 atom stereocenters. The number of hydrogen-bond donors (Lipinski definition) is 3. The van der Waals surface area contributed by atoms with Crippen LogP contribution >= 0.6 is 23.2 Å². The van der Waals surface area contributed by atoms with Crippen LogP contribution in [0.1, 0.15) is 0 Å². The highest BCUT2D eigenvalue weighted by Crippen LogP contribution is 2.25. The summed E-state index contributed by atoms with van der Waals surface area (Å²) in [6.45, 7) is 0. The Morgan fingerprint density at radius 3 is 2.71 bits per heavy atom. The zero-order valence-electron chi connectivity index (χ0n) is 10.6. The number of aromatic nitrogens is 4. The van der Waals surface area contributed by atoms with Crippen molar-refractivity contribution in [2.24, 2.45) is 0 Å². The molecule has 3 N–H and O–H groups in total. The highest BCUT2D eigenvalue weighted by Gasteiger charge is 2.07. The summed E-state index contributed by atoms with van der Waals surface area (Å²) in [5.41, 5.74) is 1.54. The van der Waals surface area contributed by atoms with Gasteiger partial charge in [-0.1, -0.05) is 29.3 Å². The molecule has 0 amide bonds. The van der Waals surface area contributed by atoms with Crippen LogP contribution in [0.25, 0.3) is 0 Å². The average molecular weight is 321 g/mol. The predicted octanol–water partition coefficient (Wildman–Crippen LogP) is 3.99. The summed E-state index contributed by atoms with van der Waals surface area (Å²) in [6, 6.07) is 7.28. The van der Waals surface area contributed by atoms with E-state index in [1.54, 1.807) is 24.5 Å². The van der Waals surface area contributed by atoms with E-state index in [2.05, 4.69) is 30.8 Å². The van der Waals surface area contributed by atoms with E-state index in [1.807, 2.05) is 12.1 Å². The second-order valence-electron chi connectivity index (χ2n) is 4.14. The fraction of sp³-hybridized carbons (Fsp3) is 0. The Morgan fingerprint density at radius 2 is 1.95 bits per heavy atom. The molecule has 0 spiro atoms. The molecule has 0 saturated heterocycles. The lowest BCUT2D eigenvalue weighted by atomic mass is 10.3. The summed E-state index contributed by atoms with van der Waals surface area (Å²) >= 11 is 12.0. The molecular formula is C13H10Cl2N6. The van der Waals surface area contributed by atoms with Crippen molar-refractivity contribution in [1.29, 1.82) is 0 Å². The maximum atomic E-state index is 6.10. The third-order valence-electron chi connectivity index (χ3n) is 2.59. The molecule has 6 nitrogen and oxygen atoms in total. The van der Waals surface area contributed by atoms with Gasteiger partial charge in [0.05, 0.1) is 18.1 Å². The van der Waals surface area contributed by atoms with Gasteiger partial charge < -0.3 is 10.6 Å². The molecule has 0 radical (unpaired) electrons. The maximum absolute atomic E-state index is 6.10. The Kier molecular flexibility index (Phi) is 3.89. The van der Waals surface area contributed by atoms with Gasteiger partial charge in [-0.2, -0.15) is 10.1 Å². The van der Waals surface area contributed by atoms with E-state index in [9.17, 15) is 0 Å². The number of hydrogen-bond acceptors (Lipinski definition) is 5. The van der Waals surface area contributed by atoms with Gasteiger partial charge in [0.1, 0.15) is 5.02 Å². The zero-order valence-corrected chi connectivity index (χ0v) is 12.2. The van der Waals surface area contributed by atoms with Crippen LogP contribution in [0.5, 0.6) is 0 Å². The molecule has 0 bridgehead atoms. The van der Waals surface area contributed by atoms with Crippen molar-refractivity contribution in [3.8, 4) is 0 Å². The molecule has 0 aliphatic carbocycles. The lowest BCUT2D eigenvalue weighted by Crippen LogP contribution is -2.01. The number of anilines is 4. The first kappa shape index (κ1) is 13.7. The van der Waals surface area contributed by atoms with Crippen molar-refractivity contribution in [2.45, 2.75) is 0 Å². The average Bonchev–Trinajstić information content (AvgIpc) is 2.95. The van der Waals surface area contributed by atoms with Crippen LogP contribution in [-0.2, 0) is 0 Å². The molecule has 2 heterocycles. The van der Waals surface area contributed by atoms with Gasteiger partial charge >= 0.3 is 0 Å². The van der Waals surface area contributed by atoms with E-state index in [0.29, 0.717) is 21.8 Å². The molecule has 3 rings (SSSR count). The molecule has 0 aliphatic rings. The highest BCUT2D eigenvalue weighted by atomic mass is 35.5. The Bertz CT molecular complexity index is 744. The largest absolute Gasteiger partial charge is 0.339 e. The third kappa shape index (κ3) is 3.42. The summed E-state index contributed by atoms with van der Waals surface area (Å²) in [5, 5.41) is 13.7. The second-order valence-corrected chi connectivity index (χ2v) is 4.98. The molecule has 3 aromatic rings. The van der Waals surface area contributed by atoms with Gasteiger partial charge in [-0.05, 0) is 18.2 Å². The first-order valence-corrected chi connectivity index (χ1v) is 6.77. The fourth-order valence-corrected chi connectivity index (χ4v) is 1.99. The van der Waals surface area contributed by atoms with E-state index >= 15 is 0 Å². The van der Waals surface area contributed by atoms with Crippen LogP contribution in [0.2, 0.25) is 10.0 Å². The SMILES string of the molecule is Clc1cccc(Nc2nc(Nc3cn[nH]c3)ncc2Cl)c1. The molecule has 106 valence electrons. The van der Waals surface area contributed by atoms with Crippen molar-refractivity contribution < 1.29 is 0 Å². The van der Waals surface area contributed by atoms with Crippen LogP contribution in [0.15, 0.2) is 42.9 Å². The molecular weight excluding hydrogens is 311 g/mol. The van der Waals surface area contributed by atoms with Gasteiger partial charge in [0, 0.05) is 16.9 Å². The molecule has 0 unspecified atom stereocenters. The minimum absolute atomic E-state index is 0.408. The first-order valence-electron chi connectivity index (χ1n) is 6.01. The second kappa shape index (κ2) is 5.99. The Balaban J connectivity index is 1.84. The number of H-pyrrole nitrogens is 1. The standard InChI is InChI=1S/C13H10Cl2N6/c14-8-2-1-3-9(4-8)19-12-11(15)7-16-13(21-12)20-10-5-17-18-6-10/h1-7H,(H,17,18)(H2,16,19,20,21).